The third-order valence-electron chi connectivity index (χ3n) is 5.32. The summed E-state index contributed by atoms with van der Waals surface area (Å²) < 4.78 is 12.7. The third kappa shape index (κ3) is 4.07. The normalized spacial score (nSPS) is 10.8. The molecule has 0 aliphatic carbocycles. The lowest BCUT2D eigenvalue weighted by molar-refractivity contribution is 0.101. The van der Waals surface area contributed by atoms with Crippen molar-refractivity contribution in [3.63, 3.8) is 0 Å². The molecular weight excluding hydrogens is 392 g/mol. The van der Waals surface area contributed by atoms with Gasteiger partial charge in [-0.3, -0.25) is 9.48 Å². The topological polar surface area (TPSA) is 82.2 Å². The molecule has 0 unspecified atom stereocenters. The maximum absolute atomic E-state index is 12.8. The van der Waals surface area contributed by atoms with E-state index in [0.717, 1.165) is 17.0 Å². The van der Waals surface area contributed by atoms with E-state index in [-0.39, 0.29) is 11.6 Å². The van der Waals surface area contributed by atoms with Gasteiger partial charge < -0.3 is 14.6 Å². The number of ether oxygens (including phenoxy) is 1. The van der Waals surface area contributed by atoms with E-state index in [1.165, 1.54) is 11.1 Å². The second-order valence-electron chi connectivity index (χ2n) is 7.36. The number of carbonyl (C=O) groups is 1. The van der Waals surface area contributed by atoms with Gasteiger partial charge in [-0.15, -0.1) is 0 Å². The number of benzene rings is 2. The molecule has 4 aromatic rings. The van der Waals surface area contributed by atoms with Crippen molar-refractivity contribution in [1.29, 1.82) is 0 Å². The zero-order valence-corrected chi connectivity index (χ0v) is 18.0. The van der Waals surface area contributed by atoms with Crippen molar-refractivity contribution in [2.24, 2.45) is 0 Å². The molecule has 2 aromatic heterocycles. The van der Waals surface area contributed by atoms with Crippen LogP contribution >= 0.6 is 0 Å². The van der Waals surface area contributed by atoms with Crippen molar-refractivity contribution < 1.29 is 14.1 Å². The van der Waals surface area contributed by atoms with Gasteiger partial charge in [0.1, 0.15) is 5.75 Å². The Morgan fingerprint density at radius 2 is 1.84 bits per heavy atom. The molecule has 4 rings (SSSR count). The van der Waals surface area contributed by atoms with Crippen molar-refractivity contribution in [3.8, 4) is 17.1 Å². The second-order valence-corrected chi connectivity index (χ2v) is 7.36. The molecule has 7 nitrogen and oxygen atoms in total. The number of carbonyl (C=O) groups excluding carboxylic acids is 1. The quantitative estimate of drug-likeness (QED) is 0.489. The van der Waals surface area contributed by atoms with Gasteiger partial charge in [0.05, 0.1) is 36.3 Å². The van der Waals surface area contributed by atoms with Gasteiger partial charge in [-0.1, -0.05) is 41.6 Å². The molecule has 2 aromatic carbocycles. The summed E-state index contributed by atoms with van der Waals surface area (Å²) in [6.45, 7) is 6.53. The molecule has 158 valence electrons. The number of rotatable bonds is 6. The van der Waals surface area contributed by atoms with Crippen molar-refractivity contribution in [2.45, 2.75) is 27.3 Å². The van der Waals surface area contributed by atoms with Crippen molar-refractivity contribution >= 4 is 11.6 Å². The molecule has 7 heteroatoms. The number of anilines is 1. The number of aromatic nitrogens is 3. The summed E-state index contributed by atoms with van der Waals surface area (Å²) in [6.07, 6.45) is 0. The molecule has 0 bridgehead atoms. The Morgan fingerprint density at radius 1 is 1.10 bits per heavy atom. The molecule has 0 saturated carbocycles. The first-order valence-corrected chi connectivity index (χ1v) is 9.98. The maximum Gasteiger partial charge on any atom is 0.277 e. The van der Waals surface area contributed by atoms with Crippen LogP contribution < -0.4 is 10.1 Å². The first-order valence-electron chi connectivity index (χ1n) is 9.98. The average Bonchev–Trinajstić information content (AvgIpc) is 3.36. The molecule has 0 aliphatic heterocycles. The number of aryl methyl sites for hydroxylation is 2. The fraction of sp³-hybridized carbons (Fsp3) is 0.208. The minimum absolute atomic E-state index is 0.186. The van der Waals surface area contributed by atoms with Crippen LogP contribution in [0, 0.1) is 20.8 Å². The molecule has 1 amide bonds. The molecule has 0 saturated heterocycles. The van der Waals surface area contributed by atoms with Crippen LogP contribution in [-0.4, -0.2) is 28.0 Å². The minimum atomic E-state index is -0.355. The summed E-state index contributed by atoms with van der Waals surface area (Å²) in [7, 11) is 1.59. The zero-order chi connectivity index (χ0) is 22.0. The Kier molecular flexibility index (Phi) is 5.58. The van der Waals surface area contributed by atoms with E-state index < -0.39 is 0 Å². The van der Waals surface area contributed by atoms with Gasteiger partial charge in [0.25, 0.3) is 5.91 Å². The van der Waals surface area contributed by atoms with Gasteiger partial charge in [0, 0.05) is 6.07 Å². The van der Waals surface area contributed by atoms with Crippen LogP contribution in [0.1, 0.15) is 33.0 Å². The first kappa shape index (κ1) is 20.4. The van der Waals surface area contributed by atoms with Crippen LogP contribution in [0.25, 0.3) is 11.3 Å². The Morgan fingerprint density at radius 3 is 2.61 bits per heavy atom. The molecule has 0 spiro atoms. The third-order valence-corrected chi connectivity index (χ3v) is 5.32. The van der Waals surface area contributed by atoms with Crippen LogP contribution in [0.5, 0.6) is 5.75 Å². The van der Waals surface area contributed by atoms with E-state index in [1.807, 2.05) is 54.9 Å². The summed E-state index contributed by atoms with van der Waals surface area (Å²) in [5.74, 6) is 0.757. The molecule has 0 radical (unpaired) electrons. The highest BCUT2D eigenvalue weighted by Gasteiger charge is 2.20. The number of nitrogens with one attached hydrogen (secondary N) is 1. The largest absolute Gasteiger partial charge is 0.496 e. The summed E-state index contributed by atoms with van der Waals surface area (Å²) in [5.41, 5.74) is 5.60. The minimum Gasteiger partial charge on any atom is -0.496 e. The van der Waals surface area contributed by atoms with Crippen LogP contribution in [0.15, 0.2) is 59.1 Å². The summed E-state index contributed by atoms with van der Waals surface area (Å²) in [6, 6.07) is 17.2. The molecule has 0 aliphatic rings. The van der Waals surface area contributed by atoms with E-state index in [0.29, 0.717) is 23.7 Å². The van der Waals surface area contributed by atoms with Gasteiger partial charge in [0.15, 0.2) is 11.5 Å². The molecule has 1 N–H and O–H groups in total. The van der Waals surface area contributed by atoms with E-state index in [9.17, 15) is 4.79 Å². The van der Waals surface area contributed by atoms with Crippen LogP contribution in [-0.2, 0) is 6.54 Å². The van der Waals surface area contributed by atoms with Crippen molar-refractivity contribution in [1.82, 2.24) is 14.9 Å². The summed E-state index contributed by atoms with van der Waals surface area (Å²) >= 11 is 0. The van der Waals surface area contributed by atoms with Crippen LogP contribution in [0.2, 0.25) is 0 Å². The Hall–Kier alpha value is -3.87. The predicted molar refractivity (Wildman–Crippen MR) is 118 cm³/mol. The van der Waals surface area contributed by atoms with E-state index in [1.54, 1.807) is 13.2 Å². The summed E-state index contributed by atoms with van der Waals surface area (Å²) in [4.78, 5) is 12.8. The van der Waals surface area contributed by atoms with Gasteiger partial charge in [-0.25, -0.2) is 0 Å². The van der Waals surface area contributed by atoms with Gasteiger partial charge in [-0.2, -0.15) is 5.10 Å². The lowest BCUT2D eigenvalue weighted by Gasteiger charge is -2.08. The van der Waals surface area contributed by atoms with E-state index in [2.05, 4.69) is 34.6 Å². The highest BCUT2D eigenvalue weighted by molar-refractivity contribution is 6.04. The molecule has 31 heavy (non-hydrogen) atoms. The fourth-order valence-electron chi connectivity index (χ4n) is 3.52. The lowest BCUT2D eigenvalue weighted by atomic mass is 10.1. The van der Waals surface area contributed by atoms with Gasteiger partial charge >= 0.3 is 0 Å². The van der Waals surface area contributed by atoms with E-state index >= 15 is 0 Å². The SMILES string of the molecule is COc1ccccc1-c1cc(C(=O)Nc2c(C)nn(Cc3ccccc3C)c2C)no1. The highest BCUT2D eigenvalue weighted by atomic mass is 16.5. The fourth-order valence-corrected chi connectivity index (χ4v) is 3.52. The zero-order valence-electron chi connectivity index (χ0n) is 18.0. The second kappa shape index (κ2) is 8.47. The molecule has 2 heterocycles. The number of nitrogens with zero attached hydrogens (tertiary/aromatic N) is 3. The Balaban J connectivity index is 1.55. The molecular formula is C24H24N4O3. The summed E-state index contributed by atoms with van der Waals surface area (Å²) in [5, 5.41) is 11.5. The Labute approximate surface area is 180 Å². The number of hydrogen-bond donors (Lipinski definition) is 1. The molecule has 0 fully saturated rings. The van der Waals surface area contributed by atoms with Crippen LogP contribution in [0.4, 0.5) is 5.69 Å². The lowest BCUT2D eigenvalue weighted by Crippen LogP contribution is -2.13. The number of hydrogen-bond acceptors (Lipinski definition) is 5. The monoisotopic (exact) mass is 416 g/mol. The number of methoxy groups -OCH3 is 1. The van der Waals surface area contributed by atoms with Gasteiger partial charge in [0.2, 0.25) is 0 Å². The smallest absolute Gasteiger partial charge is 0.277 e. The standard InChI is InChI=1S/C24H24N4O3/c1-15-9-5-6-10-18(15)14-28-17(3)23(16(2)26-28)25-24(29)20-13-22(31-27-20)19-11-7-8-12-21(19)30-4/h5-13H,14H2,1-4H3,(H,25,29). The predicted octanol–water partition coefficient (Wildman–Crippen LogP) is 4.77. The molecule has 0 atom stereocenters. The maximum atomic E-state index is 12.8. The Bertz CT molecular complexity index is 1240. The first-order chi connectivity index (χ1) is 15.0. The van der Waals surface area contributed by atoms with E-state index in [4.69, 9.17) is 9.26 Å². The van der Waals surface area contributed by atoms with Crippen molar-refractivity contribution in [2.75, 3.05) is 12.4 Å². The van der Waals surface area contributed by atoms with Crippen LogP contribution in [0.3, 0.4) is 0 Å². The number of amides is 1. The van der Waals surface area contributed by atoms with Crippen molar-refractivity contribution in [3.05, 3.63) is 82.8 Å². The highest BCUT2D eigenvalue weighted by Crippen LogP contribution is 2.30. The average molecular weight is 416 g/mol. The van der Waals surface area contributed by atoms with Gasteiger partial charge in [-0.05, 0) is 44.0 Å². The number of para-hydroxylation sites is 1.